The lowest BCUT2D eigenvalue weighted by Crippen LogP contribution is -2.57. The topological polar surface area (TPSA) is 61.6 Å². The zero-order valence-corrected chi connectivity index (χ0v) is 18.9. The number of fused-ring (bicyclic) bond motifs is 1. The zero-order valence-electron chi connectivity index (χ0n) is 18.9. The number of piperidine rings is 2. The van der Waals surface area contributed by atoms with Gasteiger partial charge < -0.3 is 14.6 Å². The predicted octanol–water partition coefficient (Wildman–Crippen LogP) is 4.47. The van der Waals surface area contributed by atoms with Crippen molar-refractivity contribution >= 4 is 17.1 Å². The van der Waals surface area contributed by atoms with Crippen molar-refractivity contribution in [1.82, 2.24) is 20.1 Å². The Morgan fingerprint density at radius 1 is 1.20 bits per heavy atom. The van der Waals surface area contributed by atoms with Crippen molar-refractivity contribution in [2.75, 3.05) is 32.7 Å². The smallest absolute Gasteiger partial charge is 0.317 e. The van der Waals surface area contributed by atoms with Crippen molar-refractivity contribution in [3.63, 3.8) is 0 Å². The number of carbonyl (C=O) groups excluding carboxylic acids is 1. The standard InChI is InChI=1S/C24H36N4O2/c1-17-12-18(2)14-28(13-17)24(3,4)16-25-23(29)27-11-7-8-19(15-27)22-26-20-9-5-6-10-21(20)30-22/h5-6,9-10,17-19H,7-8,11-16H2,1-4H3,(H,25,29). The Morgan fingerprint density at radius 2 is 1.93 bits per heavy atom. The molecule has 2 saturated heterocycles. The molecule has 164 valence electrons. The molecule has 1 aromatic heterocycles. The highest BCUT2D eigenvalue weighted by Gasteiger charge is 2.34. The maximum Gasteiger partial charge on any atom is 0.317 e. The van der Waals surface area contributed by atoms with Gasteiger partial charge in [-0.15, -0.1) is 0 Å². The quantitative estimate of drug-likeness (QED) is 0.805. The van der Waals surface area contributed by atoms with Crippen LogP contribution in [0.1, 0.15) is 58.8 Å². The van der Waals surface area contributed by atoms with Gasteiger partial charge in [-0.3, -0.25) is 4.90 Å². The molecule has 2 amide bonds. The maximum atomic E-state index is 13.0. The third-order valence-electron chi connectivity index (χ3n) is 6.77. The van der Waals surface area contributed by atoms with Crippen molar-refractivity contribution in [1.29, 1.82) is 0 Å². The van der Waals surface area contributed by atoms with Crippen LogP contribution in [0.5, 0.6) is 0 Å². The first-order chi connectivity index (χ1) is 14.3. The molecule has 0 aliphatic carbocycles. The minimum absolute atomic E-state index is 0.0296. The number of carbonyl (C=O) groups is 1. The number of likely N-dealkylation sites (tertiary alicyclic amines) is 2. The third-order valence-corrected chi connectivity index (χ3v) is 6.77. The van der Waals surface area contributed by atoms with Gasteiger partial charge in [-0.2, -0.15) is 0 Å². The highest BCUT2D eigenvalue weighted by molar-refractivity contribution is 5.74. The van der Waals surface area contributed by atoms with E-state index in [2.05, 4.69) is 42.9 Å². The summed E-state index contributed by atoms with van der Waals surface area (Å²) in [4.78, 5) is 22.1. The molecule has 0 bridgehead atoms. The second kappa shape index (κ2) is 8.58. The summed E-state index contributed by atoms with van der Waals surface area (Å²) in [6.07, 6.45) is 3.27. The minimum atomic E-state index is -0.0475. The van der Waals surface area contributed by atoms with E-state index in [1.807, 2.05) is 29.2 Å². The van der Waals surface area contributed by atoms with E-state index in [4.69, 9.17) is 4.42 Å². The Bertz CT molecular complexity index is 834. The van der Waals surface area contributed by atoms with Crippen LogP contribution in [0.2, 0.25) is 0 Å². The van der Waals surface area contributed by atoms with E-state index in [0.29, 0.717) is 24.9 Å². The summed E-state index contributed by atoms with van der Waals surface area (Å²) in [5.74, 6) is 2.34. The van der Waals surface area contributed by atoms with E-state index < -0.39 is 0 Å². The number of hydrogen-bond donors (Lipinski definition) is 1. The largest absolute Gasteiger partial charge is 0.440 e. The van der Waals surface area contributed by atoms with Gasteiger partial charge in [0.05, 0.1) is 5.92 Å². The molecular formula is C24H36N4O2. The third kappa shape index (κ3) is 4.64. The van der Waals surface area contributed by atoms with Crippen LogP contribution in [0.15, 0.2) is 28.7 Å². The van der Waals surface area contributed by atoms with Crippen LogP contribution in [0.3, 0.4) is 0 Å². The van der Waals surface area contributed by atoms with Crippen molar-refractivity contribution in [3.8, 4) is 0 Å². The summed E-state index contributed by atoms with van der Waals surface area (Å²) in [6.45, 7) is 13.5. The van der Waals surface area contributed by atoms with Crippen LogP contribution in [0, 0.1) is 11.8 Å². The highest BCUT2D eigenvalue weighted by atomic mass is 16.3. The number of amides is 2. The number of nitrogens with zero attached hydrogens (tertiary/aromatic N) is 3. The monoisotopic (exact) mass is 412 g/mol. The van der Waals surface area contributed by atoms with Gasteiger partial charge in [-0.1, -0.05) is 26.0 Å². The second-order valence-corrected chi connectivity index (χ2v) is 10.1. The first-order valence-corrected chi connectivity index (χ1v) is 11.4. The lowest BCUT2D eigenvalue weighted by Gasteiger charge is -2.45. The van der Waals surface area contributed by atoms with E-state index in [1.165, 1.54) is 6.42 Å². The van der Waals surface area contributed by atoms with Gasteiger partial charge in [0.1, 0.15) is 5.52 Å². The van der Waals surface area contributed by atoms with Crippen molar-refractivity contribution in [3.05, 3.63) is 30.2 Å². The van der Waals surface area contributed by atoms with E-state index in [1.54, 1.807) is 0 Å². The summed E-state index contributed by atoms with van der Waals surface area (Å²) in [7, 11) is 0. The Morgan fingerprint density at radius 3 is 2.67 bits per heavy atom. The SMILES string of the molecule is CC1CC(C)CN(C(C)(C)CNC(=O)N2CCCC(c3nc4ccccc4o3)C2)C1. The maximum absolute atomic E-state index is 13.0. The number of aromatic nitrogens is 1. The number of rotatable bonds is 4. The fourth-order valence-corrected chi connectivity index (χ4v) is 5.10. The summed E-state index contributed by atoms with van der Waals surface area (Å²) in [5, 5.41) is 3.21. The van der Waals surface area contributed by atoms with Crippen LogP contribution in [0.4, 0.5) is 4.79 Å². The van der Waals surface area contributed by atoms with E-state index >= 15 is 0 Å². The number of nitrogens with one attached hydrogen (secondary N) is 1. The van der Waals surface area contributed by atoms with Crippen LogP contribution < -0.4 is 5.32 Å². The molecule has 3 unspecified atom stereocenters. The molecule has 2 aliphatic heterocycles. The first kappa shape index (κ1) is 21.2. The molecule has 1 aromatic carbocycles. The van der Waals surface area contributed by atoms with Gasteiger partial charge in [0.2, 0.25) is 0 Å². The fraction of sp³-hybridized carbons (Fsp3) is 0.667. The van der Waals surface area contributed by atoms with Crippen molar-refractivity contribution in [2.24, 2.45) is 11.8 Å². The summed E-state index contributed by atoms with van der Waals surface area (Å²) in [6, 6.07) is 7.88. The van der Waals surface area contributed by atoms with Gasteiger partial charge in [0, 0.05) is 38.3 Å². The molecule has 0 saturated carbocycles. The molecule has 3 atom stereocenters. The lowest BCUT2D eigenvalue weighted by molar-refractivity contribution is 0.0461. The molecule has 6 heteroatoms. The number of para-hydroxylation sites is 2. The average molecular weight is 413 g/mol. The Kier molecular flexibility index (Phi) is 6.05. The van der Waals surface area contributed by atoms with Crippen LogP contribution in [-0.2, 0) is 0 Å². The molecule has 30 heavy (non-hydrogen) atoms. The van der Waals surface area contributed by atoms with Crippen molar-refractivity contribution in [2.45, 2.75) is 58.4 Å². The Balaban J connectivity index is 1.35. The van der Waals surface area contributed by atoms with Crippen LogP contribution >= 0.6 is 0 Å². The predicted molar refractivity (Wildman–Crippen MR) is 120 cm³/mol. The minimum Gasteiger partial charge on any atom is -0.440 e. The molecule has 0 spiro atoms. The van der Waals surface area contributed by atoms with Gasteiger partial charge in [-0.25, -0.2) is 9.78 Å². The van der Waals surface area contributed by atoms with Crippen molar-refractivity contribution < 1.29 is 9.21 Å². The Labute approximate surface area is 180 Å². The molecule has 2 aromatic rings. The van der Waals surface area contributed by atoms with Gasteiger partial charge >= 0.3 is 6.03 Å². The first-order valence-electron chi connectivity index (χ1n) is 11.4. The van der Waals surface area contributed by atoms with Gasteiger partial charge in [0.15, 0.2) is 11.5 Å². The van der Waals surface area contributed by atoms with Crippen LogP contribution in [-0.4, -0.2) is 59.1 Å². The number of urea groups is 1. The van der Waals surface area contributed by atoms with E-state index in [9.17, 15) is 4.79 Å². The lowest BCUT2D eigenvalue weighted by atomic mass is 9.88. The summed E-state index contributed by atoms with van der Waals surface area (Å²) in [5.41, 5.74) is 1.66. The van der Waals surface area contributed by atoms with Gasteiger partial charge in [-0.05, 0) is 57.1 Å². The zero-order chi connectivity index (χ0) is 21.3. The fourth-order valence-electron chi connectivity index (χ4n) is 5.10. The normalized spacial score (nSPS) is 26.1. The number of benzene rings is 1. The Hall–Kier alpha value is -2.08. The molecule has 1 N–H and O–H groups in total. The van der Waals surface area contributed by atoms with Crippen LogP contribution in [0.25, 0.3) is 11.1 Å². The second-order valence-electron chi connectivity index (χ2n) is 10.1. The molecular weight excluding hydrogens is 376 g/mol. The average Bonchev–Trinajstić information content (AvgIpc) is 3.16. The molecule has 2 aliphatic rings. The van der Waals surface area contributed by atoms with E-state index in [-0.39, 0.29) is 17.5 Å². The highest BCUT2D eigenvalue weighted by Crippen LogP contribution is 2.30. The molecule has 4 rings (SSSR count). The van der Waals surface area contributed by atoms with E-state index in [0.717, 1.165) is 49.5 Å². The molecule has 3 heterocycles. The molecule has 0 radical (unpaired) electrons. The molecule has 6 nitrogen and oxygen atoms in total. The number of hydrogen-bond acceptors (Lipinski definition) is 4. The summed E-state index contributed by atoms with van der Waals surface area (Å²) < 4.78 is 5.97. The molecule has 2 fully saturated rings. The summed E-state index contributed by atoms with van der Waals surface area (Å²) >= 11 is 0. The van der Waals surface area contributed by atoms with Gasteiger partial charge in [0.25, 0.3) is 0 Å². The number of oxazole rings is 1.